The minimum atomic E-state index is -0.0428. The zero-order chi connectivity index (χ0) is 15.5. The van der Waals surface area contributed by atoms with Gasteiger partial charge in [-0.1, -0.05) is 0 Å². The van der Waals surface area contributed by atoms with Crippen LogP contribution in [0.15, 0.2) is 24.5 Å². The number of likely N-dealkylation sites (tertiary alicyclic amines) is 1. The first-order chi connectivity index (χ1) is 9.86. The Labute approximate surface area is 128 Å². The van der Waals surface area contributed by atoms with Gasteiger partial charge < -0.3 is 14.4 Å². The SMILES string of the molecule is CN(CCCn1cccc1)C[C@H]1CC(=O)N(C(C)(C)C)C1. The predicted octanol–water partition coefficient (Wildman–Crippen LogP) is 2.46. The van der Waals surface area contributed by atoms with Crippen molar-refractivity contribution in [2.75, 3.05) is 26.7 Å². The smallest absolute Gasteiger partial charge is 0.223 e. The van der Waals surface area contributed by atoms with Crippen molar-refractivity contribution in [3.8, 4) is 0 Å². The molecule has 21 heavy (non-hydrogen) atoms. The molecule has 1 fully saturated rings. The minimum Gasteiger partial charge on any atom is -0.354 e. The lowest BCUT2D eigenvalue weighted by atomic mass is 10.1. The molecule has 1 aromatic rings. The summed E-state index contributed by atoms with van der Waals surface area (Å²) < 4.78 is 2.22. The summed E-state index contributed by atoms with van der Waals surface area (Å²) in [6.45, 7) is 10.4. The van der Waals surface area contributed by atoms with Crippen molar-refractivity contribution in [3.63, 3.8) is 0 Å². The van der Waals surface area contributed by atoms with Crippen LogP contribution in [-0.2, 0) is 11.3 Å². The highest BCUT2D eigenvalue weighted by molar-refractivity contribution is 5.79. The van der Waals surface area contributed by atoms with E-state index < -0.39 is 0 Å². The fourth-order valence-corrected chi connectivity index (χ4v) is 3.13. The molecule has 0 saturated carbocycles. The third-order valence-electron chi connectivity index (χ3n) is 4.21. The number of amides is 1. The molecular weight excluding hydrogens is 262 g/mol. The van der Waals surface area contributed by atoms with E-state index in [-0.39, 0.29) is 5.54 Å². The fourth-order valence-electron chi connectivity index (χ4n) is 3.13. The average molecular weight is 291 g/mol. The number of hydrogen-bond acceptors (Lipinski definition) is 2. The van der Waals surface area contributed by atoms with Gasteiger partial charge in [-0.3, -0.25) is 4.79 Å². The summed E-state index contributed by atoms with van der Waals surface area (Å²) in [4.78, 5) is 16.5. The predicted molar refractivity (Wildman–Crippen MR) is 86.1 cm³/mol. The van der Waals surface area contributed by atoms with Crippen LogP contribution in [0, 0.1) is 5.92 Å². The van der Waals surface area contributed by atoms with Crippen LogP contribution >= 0.6 is 0 Å². The molecule has 4 heteroatoms. The maximum atomic E-state index is 12.1. The molecule has 1 aromatic heterocycles. The highest BCUT2D eigenvalue weighted by atomic mass is 16.2. The first-order valence-electron chi connectivity index (χ1n) is 7.96. The Kier molecular flexibility index (Phi) is 5.09. The van der Waals surface area contributed by atoms with Gasteiger partial charge in [0.15, 0.2) is 0 Å². The van der Waals surface area contributed by atoms with Crippen LogP contribution in [0.5, 0.6) is 0 Å². The van der Waals surface area contributed by atoms with Crippen molar-refractivity contribution in [3.05, 3.63) is 24.5 Å². The highest BCUT2D eigenvalue weighted by Gasteiger charge is 2.36. The third-order valence-corrected chi connectivity index (χ3v) is 4.21. The average Bonchev–Trinajstić information content (AvgIpc) is 2.98. The van der Waals surface area contributed by atoms with E-state index in [0.717, 1.165) is 32.6 Å². The second-order valence-electron chi connectivity index (χ2n) is 7.28. The quantitative estimate of drug-likeness (QED) is 0.805. The van der Waals surface area contributed by atoms with E-state index in [2.05, 4.69) is 61.8 Å². The van der Waals surface area contributed by atoms with Crippen LogP contribution in [0.2, 0.25) is 0 Å². The molecule has 0 N–H and O–H groups in total. The molecule has 0 aromatic carbocycles. The fraction of sp³-hybridized carbons (Fsp3) is 0.706. The van der Waals surface area contributed by atoms with Crippen molar-refractivity contribution < 1.29 is 4.79 Å². The highest BCUT2D eigenvalue weighted by Crippen LogP contribution is 2.26. The van der Waals surface area contributed by atoms with Gasteiger partial charge >= 0.3 is 0 Å². The van der Waals surface area contributed by atoms with E-state index in [1.165, 1.54) is 0 Å². The molecule has 1 atom stereocenters. The van der Waals surface area contributed by atoms with Crippen LogP contribution in [0.25, 0.3) is 0 Å². The molecule has 0 aliphatic carbocycles. The molecule has 1 aliphatic heterocycles. The van der Waals surface area contributed by atoms with Crippen LogP contribution in [0.3, 0.4) is 0 Å². The lowest BCUT2D eigenvalue weighted by Crippen LogP contribution is -2.42. The number of carbonyl (C=O) groups is 1. The zero-order valence-electron chi connectivity index (χ0n) is 13.9. The van der Waals surface area contributed by atoms with Gasteiger partial charge in [-0.25, -0.2) is 0 Å². The number of hydrogen-bond donors (Lipinski definition) is 0. The van der Waals surface area contributed by atoms with Gasteiger partial charge in [0.25, 0.3) is 0 Å². The summed E-state index contributed by atoms with van der Waals surface area (Å²) in [7, 11) is 2.17. The van der Waals surface area contributed by atoms with E-state index >= 15 is 0 Å². The molecule has 0 bridgehead atoms. The van der Waals surface area contributed by atoms with Gasteiger partial charge in [-0.2, -0.15) is 0 Å². The Morgan fingerprint density at radius 1 is 1.29 bits per heavy atom. The molecule has 1 amide bonds. The lowest BCUT2D eigenvalue weighted by molar-refractivity contribution is -0.131. The van der Waals surface area contributed by atoms with E-state index in [1.54, 1.807) is 0 Å². The third kappa shape index (κ3) is 4.60. The minimum absolute atomic E-state index is 0.0428. The molecule has 4 nitrogen and oxygen atoms in total. The van der Waals surface area contributed by atoms with Crippen molar-refractivity contribution >= 4 is 5.91 Å². The standard InChI is InChI=1S/C17H29N3O/c1-17(2,3)20-14-15(12-16(20)21)13-18(4)8-7-11-19-9-5-6-10-19/h5-6,9-10,15H,7-8,11-14H2,1-4H3/t15-/m1/s1. The van der Waals surface area contributed by atoms with Gasteiger partial charge in [0.1, 0.15) is 0 Å². The van der Waals surface area contributed by atoms with Crippen molar-refractivity contribution in [2.45, 2.75) is 45.7 Å². The van der Waals surface area contributed by atoms with E-state index in [9.17, 15) is 4.79 Å². The molecule has 1 saturated heterocycles. The van der Waals surface area contributed by atoms with Gasteiger partial charge in [0.2, 0.25) is 5.91 Å². The van der Waals surface area contributed by atoms with Gasteiger partial charge in [-0.05, 0) is 58.8 Å². The first kappa shape index (κ1) is 16.1. The lowest BCUT2D eigenvalue weighted by Gasteiger charge is -2.32. The molecule has 118 valence electrons. The second-order valence-corrected chi connectivity index (χ2v) is 7.28. The molecular formula is C17H29N3O. The topological polar surface area (TPSA) is 28.5 Å². The monoisotopic (exact) mass is 291 g/mol. The number of aryl methyl sites for hydroxylation is 1. The van der Waals surface area contributed by atoms with Crippen LogP contribution in [-0.4, -0.2) is 52.5 Å². The van der Waals surface area contributed by atoms with Gasteiger partial charge in [-0.15, -0.1) is 0 Å². The Morgan fingerprint density at radius 3 is 2.52 bits per heavy atom. The van der Waals surface area contributed by atoms with Crippen molar-refractivity contribution in [1.82, 2.24) is 14.4 Å². The van der Waals surface area contributed by atoms with Gasteiger partial charge in [0.05, 0.1) is 0 Å². The Bertz CT molecular complexity index is 447. The molecule has 0 spiro atoms. The zero-order valence-corrected chi connectivity index (χ0v) is 13.9. The Balaban J connectivity index is 1.71. The van der Waals surface area contributed by atoms with Crippen molar-refractivity contribution in [2.24, 2.45) is 5.92 Å². The normalized spacial score (nSPS) is 19.8. The van der Waals surface area contributed by atoms with E-state index in [4.69, 9.17) is 0 Å². The van der Waals surface area contributed by atoms with Crippen molar-refractivity contribution in [1.29, 1.82) is 0 Å². The maximum Gasteiger partial charge on any atom is 0.223 e. The molecule has 0 radical (unpaired) electrons. The number of nitrogens with zero attached hydrogens (tertiary/aromatic N) is 3. The number of rotatable bonds is 6. The molecule has 2 heterocycles. The first-order valence-corrected chi connectivity index (χ1v) is 7.96. The number of aromatic nitrogens is 1. The second kappa shape index (κ2) is 6.65. The van der Waals surface area contributed by atoms with Crippen LogP contribution < -0.4 is 0 Å². The molecule has 0 unspecified atom stereocenters. The summed E-state index contributed by atoms with van der Waals surface area (Å²) in [6.07, 6.45) is 6.07. The Hall–Kier alpha value is -1.29. The van der Waals surface area contributed by atoms with E-state index in [1.807, 2.05) is 4.90 Å². The summed E-state index contributed by atoms with van der Waals surface area (Å²) in [5.41, 5.74) is -0.0428. The largest absolute Gasteiger partial charge is 0.354 e. The van der Waals surface area contributed by atoms with Gasteiger partial charge in [0, 0.05) is 44.0 Å². The molecule has 1 aliphatic rings. The summed E-state index contributed by atoms with van der Waals surface area (Å²) in [5.74, 6) is 0.793. The molecule has 2 rings (SSSR count). The number of carbonyl (C=O) groups excluding carboxylic acids is 1. The maximum absolute atomic E-state index is 12.1. The van der Waals surface area contributed by atoms with Crippen LogP contribution in [0.4, 0.5) is 0 Å². The van der Waals surface area contributed by atoms with Crippen LogP contribution in [0.1, 0.15) is 33.6 Å². The summed E-state index contributed by atoms with van der Waals surface area (Å²) in [6, 6.07) is 4.13. The Morgan fingerprint density at radius 2 is 1.95 bits per heavy atom. The summed E-state index contributed by atoms with van der Waals surface area (Å²) in [5, 5.41) is 0. The van der Waals surface area contributed by atoms with E-state index in [0.29, 0.717) is 18.2 Å². The summed E-state index contributed by atoms with van der Waals surface area (Å²) >= 11 is 0.